The highest BCUT2D eigenvalue weighted by Crippen LogP contribution is 2.49. The lowest BCUT2D eigenvalue weighted by molar-refractivity contribution is 0.502. The molecule has 0 aliphatic heterocycles. The van der Waals surface area contributed by atoms with Crippen LogP contribution in [-0.2, 0) is 11.8 Å². The summed E-state index contributed by atoms with van der Waals surface area (Å²) >= 11 is 5.29. The predicted molar refractivity (Wildman–Crippen MR) is 36.9 cm³/mol. The van der Waals surface area contributed by atoms with E-state index in [1.54, 1.807) is 0 Å². The number of hydrogen-bond donors (Lipinski definition) is 2. The maximum atomic E-state index is 8.46. The van der Waals surface area contributed by atoms with E-state index in [0.717, 1.165) is 11.4 Å². The summed E-state index contributed by atoms with van der Waals surface area (Å²) in [4.78, 5) is 16.9. The van der Waals surface area contributed by atoms with Gasteiger partial charge in [0.05, 0.1) is 0 Å². The van der Waals surface area contributed by atoms with Crippen LogP contribution in [0.4, 0.5) is 0 Å². The molecule has 0 amide bonds. The molecule has 0 aliphatic rings. The fourth-order valence-corrected chi connectivity index (χ4v) is 2.46. The van der Waals surface area contributed by atoms with Gasteiger partial charge in [-0.2, -0.15) is 0 Å². The summed E-state index contributed by atoms with van der Waals surface area (Å²) in [5.74, 6) is 0.671. The van der Waals surface area contributed by atoms with Crippen LogP contribution in [0.15, 0.2) is 0 Å². The summed E-state index contributed by atoms with van der Waals surface area (Å²) in [7, 11) is 0. The Kier molecular flexibility index (Phi) is 3.45. The fourth-order valence-electron chi connectivity index (χ4n) is 0.168. The van der Waals surface area contributed by atoms with Crippen LogP contribution in [-0.4, -0.2) is 15.5 Å². The van der Waals surface area contributed by atoms with Crippen LogP contribution in [0.2, 0.25) is 0 Å². The molecule has 7 heavy (non-hydrogen) atoms. The summed E-state index contributed by atoms with van der Waals surface area (Å²) in [5, 5.41) is 0. The van der Waals surface area contributed by atoms with Crippen molar-refractivity contribution in [2.24, 2.45) is 0 Å². The van der Waals surface area contributed by atoms with Crippen molar-refractivity contribution in [3.63, 3.8) is 0 Å². The average molecular weight is 158 g/mol. The summed E-state index contributed by atoms with van der Waals surface area (Å²) in [6.07, 6.45) is 0. The molecular formula is C2H7O2PS2. The van der Waals surface area contributed by atoms with Crippen LogP contribution in [0.1, 0.15) is 6.92 Å². The molecule has 0 saturated heterocycles. The van der Waals surface area contributed by atoms with Gasteiger partial charge in [-0.25, -0.2) is 0 Å². The largest absolute Gasteiger partial charge is 0.338 e. The molecule has 44 valence electrons. The predicted octanol–water partition coefficient (Wildman–Crippen LogP) is 0.949. The number of hydrogen-bond acceptors (Lipinski definition) is 2. The van der Waals surface area contributed by atoms with Crippen LogP contribution in [0, 0.1) is 0 Å². The molecule has 0 fully saturated rings. The Hall–Kier alpha value is 0.920. The van der Waals surface area contributed by atoms with Gasteiger partial charge in [0.15, 0.2) is 0 Å². The van der Waals surface area contributed by atoms with Crippen molar-refractivity contribution in [3.05, 3.63) is 0 Å². The summed E-state index contributed by atoms with van der Waals surface area (Å²) in [6, 6.07) is 0. The van der Waals surface area contributed by atoms with E-state index in [0.29, 0.717) is 5.75 Å². The highest BCUT2D eigenvalue weighted by atomic mass is 32.9. The van der Waals surface area contributed by atoms with Crippen molar-refractivity contribution in [2.45, 2.75) is 6.92 Å². The topological polar surface area (TPSA) is 40.5 Å². The monoisotopic (exact) mass is 158 g/mol. The molecule has 2 nitrogen and oxygen atoms in total. The van der Waals surface area contributed by atoms with Crippen molar-refractivity contribution < 1.29 is 9.79 Å². The zero-order chi connectivity index (χ0) is 5.91. The first-order valence-electron chi connectivity index (χ1n) is 1.76. The molecule has 0 aromatic heterocycles. The van der Waals surface area contributed by atoms with E-state index in [9.17, 15) is 0 Å². The van der Waals surface area contributed by atoms with Gasteiger partial charge in [-0.1, -0.05) is 18.3 Å². The van der Waals surface area contributed by atoms with Crippen LogP contribution in [0.5, 0.6) is 0 Å². The van der Waals surface area contributed by atoms with Crippen LogP contribution >= 0.6 is 17.1 Å². The second kappa shape index (κ2) is 3.05. The van der Waals surface area contributed by atoms with Gasteiger partial charge in [0, 0.05) is 0 Å². The zero-order valence-electron chi connectivity index (χ0n) is 3.87. The Morgan fingerprint density at radius 1 is 1.71 bits per heavy atom. The lowest BCUT2D eigenvalue weighted by Gasteiger charge is -2.00. The van der Waals surface area contributed by atoms with Gasteiger partial charge in [-0.15, -0.1) is 0 Å². The van der Waals surface area contributed by atoms with Crippen LogP contribution < -0.4 is 0 Å². The average Bonchev–Trinajstić information content (AvgIpc) is 1.30. The molecule has 0 radical (unpaired) electrons. The van der Waals surface area contributed by atoms with Crippen LogP contribution in [0.25, 0.3) is 0 Å². The molecule has 0 unspecified atom stereocenters. The van der Waals surface area contributed by atoms with E-state index in [1.165, 1.54) is 0 Å². The minimum atomic E-state index is -2.92. The van der Waals surface area contributed by atoms with Crippen molar-refractivity contribution in [1.29, 1.82) is 0 Å². The SMILES string of the molecule is CCSP(O)(O)=S. The molecule has 0 aromatic carbocycles. The maximum Gasteiger partial charge on any atom is 0.242 e. The van der Waals surface area contributed by atoms with Gasteiger partial charge in [0.2, 0.25) is 5.69 Å². The molecule has 0 aliphatic carbocycles. The van der Waals surface area contributed by atoms with Crippen molar-refractivity contribution in [1.82, 2.24) is 0 Å². The molecule has 0 bridgehead atoms. The van der Waals surface area contributed by atoms with Crippen molar-refractivity contribution in [2.75, 3.05) is 5.75 Å². The smallest absolute Gasteiger partial charge is 0.242 e. The van der Waals surface area contributed by atoms with E-state index in [1.807, 2.05) is 6.92 Å². The minimum absolute atomic E-state index is 0.671. The molecular weight excluding hydrogens is 151 g/mol. The molecule has 0 spiro atoms. The van der Waals surface area contributed by atoms with Gasteiger partial charge in [-0.05, 0) is 17.6 Å². The minimum Gasteiger partial charge on any atom is -0.338 e. The Bertz CT molecular complexity index is 87.7. The van der Waals surface area contributed by atoms with Gasteiger partial charge < -0.3 is 9.79 Å². The van der Waals surface area contributed by atoms with Gasteiger partial charge >= 0.3 is 0 Å². The standard InChI is InChI=1S/C2H7O2PS2/c1-2-7-5(3,4)6/h2H2,1H3,(H2,3,4,6). The summed E-state index contributed by atoms with van der Waals surface area (Å²) < 4.78 is 0. The maximum absolute atomic E-state index is 8.46. The molecule has 0 aromatic rings. The van der Waals surface area contributed by atoms with E-state index >= 15 is 0 Å². The van der Waals surface area contributed by atoms with E-state index in [-0.39, 0.29) is 0 Å². The lowest BCUT2D eigenvalue weighted by Crippen LogP contribution is -1.68. The first-order valence-corrected chi connectivity index (χ1v) is 6.06. The lowest BCUT2D eigenvalue weighted by atomic mass is 11.0. The van der Waals surface area contributed by atoms with Crippen LogP contribution in [0.3, 0.4) is 0 Å². The Labute approximate surface area is 51.9 Å². The van der Waals surface area contributed by atoms with Gasteiger partial charge in [-0.3, -0.25) is 0 Å². The second-order valence-electron chi connectivity index (χ2n) is 0.908. The first kappa shape index (κ1) is 7.92. The third-order valence-electron chi connectivity index (χ3n) is 0.297. The Balaban J connectivity index is 3.36. The third-order valence-corrected chi connectivity index (χ3v) is 3.62. The van der Waals surface area contributed by atoms with Crippen molar-refractivity contribution in [3.8, 4) is 0 Å². The Morgan fingerprint density at radius 2 is 2.14 bits per heavy atom. The normalized spacial score (nSPS) is 11.9. The van der Waals surface area contributed by atoms with E-state index in [4.69, 9.17) is 9.79 Å². The highest BCUT2D eigenvalue weighted by Gasteiger charge is 2.03. The molecule has 0 atom stereocenters. The Morgan fingerprint density at radius 3 is 2.14 bits per heavy atom. The van der Waals surface area contributed by atoms with E-state index in [2.05, 4.69) is 11.8 Å². The molecule has 2 N–H and O–H groups in total. The number of rotatable bonds is 2. The van der Waals surface area contributed by atoms with Crippen molar-refractivity contribution >= 4 is 28.9 Å². The summed E-state index contributed by atoms with van der Waals surface area (Å²) in [5.41, 5.74) is -2.92. The molecule has 0 heterocycles. The first-order chi connectivity index (χ1) is 3.06. The third kappa shape index (κ3) is 6.92. The quantitative estimate of drug-likeness (QED) is 0.587. The van der Waals surface area contributed by atoms with Gasteiger partial charge in [0.1, 0.15) is 0 Å². The molecule has 0 saturated carbocycles. The zero-order valence-corrected chi connectivity index (χ0v) is 6.39. The molecule has 0 rings (SSSR count). The second-order valence-corrected chi connectivity index (χ2v) is 7.25. The fraction of sp³-hybridized carbons (Fsp3) is 1.00. The summed E-state index contributed by atoms with van der Waals surface area (Å²) in [6.45, 7) is 1.83. The van der Waals surface area contributed by atoms with E-state index < -0.39 is 5.69 Å². The van der Waals surface area contributed by atoms with Gasteiger partial charge in [0.25, 0.3) is 0 Å². The molecule has 5 heteroatoms. The highest BCUT2D eigenvalue weighted by molar-refractivity contribution is 8.67.